The molecule has 0 unspecified atom stereocenters. The van der Waals surface area contributed by atoms with Crippen molar-refractivity contribution in [3.63, 3.8) is 0 Å². The van der Waals surface area contributed by atoms with Gasteiger partial charge in [-0.15, -0.1) is 0 Å². The van der Waals surface area contributed by atoms with Crippen LogP contribution in [0.5, 0.6) is 0 Å². The van der Waals surface area contributed by atoms with Crippen LogP contribution in [0.3, 0.4) is 0 Å². The average molecular weight is 470 g/mol. The SMILES string of the molecule is CCCN1c2cc(Cl)c(/C=C3\C(C)=C(C#N)c4nc(N)c(C#N)c(C)c43)cc2C(C)=CC1(C)C. The van der Waals surface area contributed by atoms with Crippen molar-refractivity contribution in [3.05, 3.63) is 62.3 Å². The van der Waals surface area contributed by atoms with Gasteiger partial charge in [-0.3, -0.25) is 0 Å². The first-order valence-electron chi connectivity index (χ1n) is 11.4. The van der Waals surface area contributed by atoms with Crippen LogP contribution < -0.4 is 10.6 Å². The van der Waals surface area contributed by atoms with E-state index in [4.69, 9.17) is 17.3 Å². The maximum Gasteiger partial charge on any atom is 0.142 e. The van der Waals surface area contributed by atoms with E-state index in [9.17, 15) is 10.5 Å². The number of allylic oxidation sites excluding steroid dienone is 4. The third kappa shape index (κ3) is 3.49. The molecule has 6 heteroatoms. The second-order valence-corrected chi connectivity index (χ2v) is 9.93. The predicted octanol–water partition coefficient (Wildman–Crippen LogP) is 6.76. The molecule has 2 N–H and O–H groups in total. The minimum Gasteiger partial charge on any atom is -0.383 e. The molecule has 5 nitrogen and oxygen atoms in total. The van der Waals surface area contributed by atoms with Crippen LogP contribution in [-0.2, 0) is 0 Å². The van der Waals surface area contributed by atoms with Gasteiger partial charge in [0, 0.05) is 28.4 Å². The highest BCUT2D eigenvalue weighted by Crippen LogP contribution is 2.46. The number of anilines is 2. The molecule has 4 rings (SSSR count). The molecule has 2 heterocycles. The van der Waals surface area contributed by atoms with E-state index in [1.807, 2.05) is 26.0 Å². The zero-order valence-electron chi connectivity index (χ0n) is 20.5. The van der Waals surface area contributed by atoms with Gasteiger partial charge in [0.25, 0.3) is 0 Å². The lowest BCUT2D eigenvalue weighted by atomic mass is 9.87. The van der Waals surface area contributed by atoms with Crippen molar-refractivity contribution in [1.82, 2.24) is 4.98 Å². The highest BCUT2D eigenvalue weighted by atomic mass is 35.5. The average Bonchev–Trinajstić information content (AvgIpc) is 3.02. The van der Waals surface area contributed by atoms with Gasteiger partial charge in [-0.05, 0) is 87.1 Å². The standard InChI is InChI=1S/C28H28ClN5/c1-7-8-34-24-11-23(29)18(9-19(24)15(2)12-28(34,5)6)10-20-16(3)21(13-30)26-25(20)17(4)22(14-31)27(32)33-26/h9-12H,7-8H2,1-6H3,(H2,32,33)/b20-10+. The van der Waals surface area contributed by atoms with Gasteiger partial charge in [0.15, 0.2) is 0 Å². The molecule has 0 saturated heterocycles. The Balaban J connectivity index is 1.96. The molecule has 0 amide bonds. The summed E-state index contributed by atoms with van der Waals surface area (Å²) in [6.07, 6.45) is 5.34. The van der Waals surface area contributed by atoms with Crippen molar-refractivity contribution in [2.75, 3.05) is 17.2 Å². The van der Waals surface area contributed by atoms with E-state index in [0.717, 1.165) is 52.1 Å². The molecule has 1 aromatic carbocycles. The Bertz CT molecular complexity index is 1410. The first-order valence-corrected chi connectivity index (χ1v) is 11.8. The molecule has 0 fully saturated rings. The lowest BCUT2D eigenvalue weighted by Gasteiger charge is -2.43. The number of halogens is 1. The fourth-order valence-corrected chi connectivity index (χ4v) is 5.42. The van der Waals surface area contributed by atoms with Crippen LogP contribution in [-0.4, -0.2) is 17.1 Å². The van der Waals surface area contributed by atoms with Crippen LogP contribution >= 0.6 is 11.6 Å². The Kier molecular flexibility index (Phi) is 5.80. The minimum atomic E-state index is -0.0990. The Hall–Kier alpha value is -3.54. The van der Waals surface area contributed by atoms with Crippen molar-refractivity contribution in [2.45, 2.75) is 53.5 Å². The topological polar surface area (TPSA) is 89.7 Å². The predicted molar refractivity (Wildman–Crippen MR) is 141 cm³/mol. The maximum absolute atomic E-state index is 9.83. The third-order valence-electron chi connectivity index (χ3n) is 6.83. The van der Waals surface area contributed by atoms with E-state index in [0.29, 0.717) is 21.9 Å². The molecule has 1 aromatic heterocycles. The number of nitrogen functional groups attached to an aromatic ring is 1. The molecule has 0 atom stereocenters. The number of fused-ring (bicyclic) bond motifs is 2. The normalized spacial score (nSPS) is 17.3. The van der Waals surface area contributed by atoms with Gasteiger partial charge >= 0.3 is 0 Å². The first kappa shape index (κ1) is 23.6. The quantitative estimate of drug-likeness (QED) is 0.536. The summed E-state index contributed by atoms with van der Waals surface area (Å²) in [5.41, 5.74) is 14.8. The molecule has 0 spiro atoms. The van der Waals surface area contributed by atoms with E-state index in [1.54, 1.807) is 0 Å². The molecule has 1 aliphatic carbocycles. The Morgan fingerprint density at radius 1 is 1.18 bits per heavy atom. The number of hydrogen-bond donors (Lipinski definition) is 1. The summed E-state index contributed by atoms with van der Waals surface area (Å²) in [6.45, 7) is 13.4. The van der Waals surface area contributed by atoms with Crippen molar-refractivity contribution < 1.29 is 0 Å². The van der Waals surface area contributed by atoms with Crippen LogP contribution in [0.1, 0.15) is 74.6 Å². The fraction of sp³-hybridized carbons (Fsp3) is 0.321. The summed E-state index contributed by atoms with van der Waals surface area (Å²) < 4.78 is 0. The number of nitriles is 2. The van der Waals surface area contributed by atoms with Gasteiger partial charge in [-0.2, -0.15) is 10.5 Å². The van der Waals surface area contributed by atoms with Crippen LogP contribution in [0.15, 0.2) is 23.8 Å². The van der Waals surface area contributed by atoms with E-state index >= 15 is 0 Å². The van der Waals surface area contributed by atoms with Crippen molar-refractivity contribution >= 4 is 45.9 Å². The van der Waals surface area contributed by atoms with Crippen LogP contribution in [0.25, 0.3) is 22.8 Å². The Morgan fingerprint density at radius 2 is 1.88 bits per heavy atom. The number of benzene rings is 1. The van der Waals surface area contributed by atoms with Crippen molar-refractivity contribution in [2.24, 2.45) is 0 Å². The molecular formula is C28H28ClN5. The van der Waals surface area contributed by atoms with E-state index < -0.39 is 0 Å². The second-order valence-electron chi connectivity index (χ2n) is 9.53. The number of nitrogens with zero attached hydrogens (tertiary/aromatic N) is 4. The minimum absolute atomic E-state index is 0.0990. The molecule has 172 valence electrons. The van der Waals surface area contributed by atoms with Gasteiger partial charge < -0.3 is 10.6 Å². The van der Waals surface area contributed by atoms with Gasteiger partial charge in [0.05, 0.1) is 22.4 Å². The maximum atomic E-state index is 9.83. The lowest BCUT2D eigenvalue weighted by molar-refractivity contribution is 0.550. The summed E-state index contributed by atoms with van der Waals surface area (Å²) >= 11 is 6.85. The number of hydrogen-bond acceptors (Lipinski definition) is 5. The van der Waals surface area contributed by atoms with Crippen LogP contribution in [0.2, 0.25) is 5.02 Å². The molecule has 0 radical (unpaired) electrons. The van der Waals surface area contributed by atoms with E-state index in [2.05, 4.69) is 61.9 Å². The lowest BCUT2D eigenvalue weighted by Crippen LogP contribution is -2.45. The monoisotopic (exact) mass is 469 g/mol. The summed E-state index contributed by atoms with van der Waals surface area (Å²) in [5.74, 6) is 0.145. The molecule has 0 bridgehead atoms. The van der Waals surface area contributed by atoms with Crippen LogP contribution in [0, 0.1) is 29.6 Å². The molecule has 34 heavy (non-hydrogen) atoms. The van der Waals surface area contributed by atoms with E-state index in [1.165, 1.54) is 5.57 Å². The third-order valence-corrected chi connectivity index (χ3v) is 7.15. The molecule has 2 aliphatic rings. The van der Waals surface area contributed by atoms with Crippen LogP contribution in [0.4, 0.5) is 11.5 Å². The highest BCUT2D eigenvalue weighted by molar-refractivity contribution is 6.33. The number of aromatic nitrogens is 1. The largest absolute Gasteiger partial charge is 0.383 e. The zero-order chi connectivity index (χ0) is 24.9. The van der Waals surface area contributed by atoms with E-state index in [-0.39, 0.29) is 11.4 Å². The summed E-state index contributed by atoms with van der Waals surface area (Å²) in [7, 11) is 0. The molecule has 0 saturated carbocycles. The van der Waals surface area contributed by atoms with Gasteiger partial charge in [-0.1, -0.05) is 24.6 Å². The molecular weight excluding hydrogens is 442 g/mol. The second kappa shape index (κ2) is 8.35. The summed E-state index contributed by atoms with van der Waals surface area (Å²) in [5, 5.41) is 20.1. The Labute approximate surface area is 206 Å². The van der Waals surface area contributed by atoms with Gasteiger partial charge in [0.2, 0.25) is 0 Å². The van der Waals surface area contributed by atoms with Crippen molar-refractivity contribution in [3.8, 4) is 12.1 Å². The zero-order valence-corrected chi connectivity index (χ0v) is 21.2. The summed E-state index contributed by atoms with van der Waals surface area (Å²) in [6, 6.07) is 8.59. The number of nitrogens with two attached hydrogens (primary N) is 1. The van der Waals surface area contributed by atoms with Gasteiger partial charge in [0.1, 0.15) is 18.0 Å². The van der Waals surface area contributed by atoms with Crippen molar-refractivity contribution in [1.29, 1.82) is 10.5 Å². The highest BCUT2D eigenvalue weighted by Gasteiger charge is 2.32. The molecule has 1 aliphatic heterocycles. The smallest absolute Gasteiger partial charge is 0.142 e. The fourth-order valence-electron chi connectivity index (χ4n) is 5.21. The number of pyridine rings is 1. The number of rotatable bonds is 3. The Morgan fingerprint density at radius 3 is 2.50 bits per heavy atom. The molecule has 2 aromatic rings. The summed E-state index contributed by atoms with van der Waals surface area (Å²) in [4.78, 5) is 6.82. The van der Waals surface area contributed by atoms with Gasteiger partial charge in [-0.25, -0.2) is 4.98 Å². The first-order chi connectivity index (χ1) is 16.0.